The van der Waals surface area contributed by atoms with Crippen molar-refractivity contribution in [2.75, 3.05) is 0 Å². The zero-order chi connectivity index (χ0) is 7.28. The molecule has 0 heterocycles. The fourth-order valence-electron chi connectivity index (χ4n) is 0.671. The third-order valence-electron chi connectivity index (χ3n) is 1.45. The monoisotopic (exact) mass is 193 g/mol. The minimum atomic E-state index is 0. The van der Waals surface area contributed by atoms with Crippen LogP contribution in [0.15, 0.2) is 0 Å². The van der Waals surface area contributed by atoms with E-state index in [1.54, 1.807) is 0 Å². The van der Waals surface area contributed by atoms with Gasteiger partial charge in [0.25, 0.3) is 0 Å². The van der Waals surface area contributed by atoms with E-state index in [0.29, 0.717) is 5.92 Å². The van der Waals surface area contributed by atoms with Gasteiger partial charge in [0.05, 0.1) is 0 Å². The Morgan fingerprint density at radius 1 is 1.20 bits per heavy atom. The summed E-state index contributed by atoms with van der Waals surface area (Å²) in [6, 6.07) is 0. The molecule has 0 saturated heterocycles. The average molecular weight is 195 g/mol. The van der Waals surface area contributed by atoms with Crippen LogP contribution >= 0.6 is 0 Å². The molecule has 1 N–H and O–H groups in total. The molecule has 0 bridgehead atoms. The van der Waals surface area contributed by atoms with Crippen molar-refractivity contribution >= 4 is 0 Å². The summed E-state index contributed by atoms with van der Waals surface area (Å²) in [7, 11) is 0. The summed E-state index contributed by atoms with van der Waals surface area (Å²) in [6.07, 6.45) is 2.31. The molecule has 0 aliphatic carbocycles. The predicted molar refractivity (Wildman–Crippen MR) is 39.5 cm³/mol. The van der Waals surface area contributed by atoms with E-state index in [0.717, 1.165) is 12.3 Å². The largest absolute Gasteiger partial charge is 0.566 e. The van der Waals surface area contributed by atoms with E-state index >= 15 is 0 Å². The van der Waals surface area contributed by atoms with Gasteiger partial charge in [-0.05, 0) is 5.92 Å². The van der Waals surface area contributed by atoms with Gasteiger partial charge in [-0.2, -0.15) is 0 Å². The predicted octanol–water partition coefficient (Wildman–Crippen LogP) is 2.59. The van der Waals surface area contributed by atoms with E-state index < -0.39 is 0 Å². The summed E-state index contributed by atoms with van der Waals surface area (Å²) in [5.74, 6) is 1.12. The maximum absolute atomic E-state index is 8.52. The molecule has 58 valence electrons. The van der Waals surface area contributed by atoms with Crippen molar-refractivity contribution in [1.82, 2.24) is 0 Å². The Labute approximate surface area is 77.0 Å². The second-order valence-corrected chi connectivity index (χ2v) is 3.10. The molecule has 1 unspecified atom stereocenters. The summed E-state index contributed by atoms with van der Waals surface area (Å²) < 4.78 is 0. The molecule has 0 aliphatic rings. The van der Waals surface area contributed by atoms with E-state index in [-0.39, 0.29) is 19.5 Å². The zero-order valence-electron chi connectivity index (χ0n) is 7.30. The van der Waals surface area contributed by atoms with Crippen LogP contribution in [-0.4, -0.2) is 5.11 Å². The Hall–Kier alpha value is 0.583. The Balaban J connectivity index is 0. The SMILES string of the molecule is CC(C)CCC(C)[CH-]O.[Zn]. The van der Waals surface area contributed by atoms with Gasteiger partial charge in [0.15, 0.2) is 0 Å². The van der Waals surface area contributed by atoms with Gasteiger partial charge in [0.1, 0.15) is 0 Å². The molecule has 0 aromatic carbocycles. The maximum atomic E-state index is 8.52. The summed E-state index contributed by atoms with van der Waals surface area (Å²) >= 11 is 0. The summed E-state index contributed by atoms with van der Waals surface area (Å²) in [5, 5.41) is 8.52. The number of hydrogen-bond donors (Lipinski definition) is 1. The van der Waals surface area contributed by atoms with Crippen molar-refractivity contribution in [2.45, 2.75) is 33.6 Å². The quantitative estimate of drug-likeness (QED) is 0.539. The van der Waals surface area contributed by atoms with Gasteiger partial charge < -0.3 is 5.11 Å². The number of aliphatic hydroxyl groups is 1. The van der Waals surface area contributed by atoms with Gasteiger partial charge in [0, 0.05) is 19.5 Å². The number of rotatable bonds is 4. The molecule has 1 nitrogen and oxygen atoms in total. The van der Waals surface area contributed by atoms with E-state index in [1.807, 2.05) is 6.92 Å². The maximum Gasteiger partial charge on any atom is 0 e. The van der Waals surface area contributed by atoms with Crippen LogP contribution in [-0.2, 0) is 19.5 Å². The van der Waals surface area contributed by atoms with Crippen LogP contribution in [0.2, 0.25) is 0 Å². The van der Waals surface area contributed by atoms with E-state index in [1.165, 1.54) is 13.0 Å². The number of aliphatic hydroxyl groups excluding tert-OH is 1. The molecule has 0 fully saturated rings. The molecule has 0 aromatic heterocycles. The van der Waals surface area contributed by atoms with Crippen molar-refractivity contribution in [3.8, 4) is 0 Å². The van der Waals surface area contributed by atoms with Crippen molar-refractivity contribution in [2.24, 2.45) is 11.8 Å². The van der Waals surface area contributed by atoms with Crippen LogP contribution in [0.4, 0.5) is 0 Å². The van der Waals surface area contributed by atoms with Crippen molar-refractivity contribution in [1.29, 1.82) is 0 Å². The molecule has 0 aliphatic heterocycles. The molecular formula is C8H17OZn-. The molecule has 0 aromatic rings. The van der Waals surface area contributed by atoms with Gasteiger partial charge in [-0.15, -0.1) is 5.92 Å². The van der Waals surface area contributed by atoms with Crippen LogP contribution in [0.5, 0.6) is 0 Å². The molecular weight excluding hydrogens is 177 g/mol. The molecule has 0 saturated carbocycles. The van der Waals surface area contributed by atoms with Crippen LogP contribution in [0, 0.1) is 18.4 Å². The van der Waals surface area contributed by atoms with Crippen LogP contribution in [0.25, 0.3) is 0 Å². The molecule has 1 atom stereocenters. The van der Waals surface area contributed by atoms with Gasteiger partial charge >= 0.3 is 0 Å². The third kappa shape index (κ3) is 8.58. The fraction of sp³-hybridized carbons (Fsp3) is 0.875. The Bertz CT molecular complexity index is 64.3. The van der Waals surface area contributed by atoms with Crippen molar-refractivity contribution in [3.63, 3.8) is 0 Å². The average Bonchev–Trinajstić information content (AvgIpc) is 1.83. The van der Waals surface area contributed by atoms with Gasteiger partial charge in [-0.1, -0.05) is 33.6 Å². The van der Waals surface area contributed by atoms with E-state index in [2.05, 4.69) is 13.8 Å². The topological polar surface area (TPSA) is 20.2 Å². The smallest absolute Gasteiger partial charge is 0 e. The fourth-order valence-corrected chi connectivity index (χ4v) is 0.671. The minimum Gasteiger partial charge on any atom is -0.566 e. The van der Waals surface area contributed by atoms with E-state index in [4.69, 9.17) is 5.11 Å². The van der Waals surface area contributed by atoms with Crippen molar-refractivity contribution in [3.05, 3.63) is 6.61 Å². The second-order valence-electron chi connectivity index (χ2n) is 3.10. The third-order valence-corrected chi connectivity index (χ3v) is 1.45. The first-order valence-corrected chi connectivity index (χ1v) is 3.64. The first kappa shape index (κ1) is 13.2. The summed E-state index contributed by atoms with van der Waals surface area (Å²) in [4.78, 5) is 0. The van der Waals surface area contributed by atoms with Gasteiger partial charge in [0.2, 0.25) is 0 Å². The second kappa shape index (κ2) is 7.69. The number of hydrogen-bond acceptors (Lipinski definition) is 1. The van der Waals surface area contributed by atoms with Gasteiger partial charge in [-0.3, -0.25) is 0 Å². The summed E-state index contributed by atoms with van der Waals surface area (Å²) in [6.45, 7) is 7.71. The Morgan fingerprint density at radius 3 is 2.00 bits per heavy atom. The van der Waals surface area contributed by atoms with Crippen LogP contribution < -0.4 is 0 Å². The molecule has 0 radical (unpaired) electrons. The normalized spacial score (nSPS) is 12.9. The zero-order valence-corrected chi connectivity index (χ0v) is 10.3. The summed E-state index contributed by atoms with van der Waals surface area (Å²) in [5.41, 5.74) is 0. The minimum absolute atomic E-state index is 0. The molecule has 0 rings (SSSR count). The van der Waals surface area contributed by atoms with Gasteiger partial charge in [-0.25, -0.2) is 6.61 Å². The van der Waals surface area contributed by atoms with Crippen molar-refractivity contribution < 1.29 is 24.6 Å². The standard InChI is InChI=1S/C8H17O.Zn/c1-7(2)4-5-8(3)6-9;/h6-9H,4-5H2,1-3H3;/q-1;. The molecule has 0 spiro atoms. The first-order chi connectivity index (χ1) is 4.16. The molecule has 2 heteroatoms. The van der Waals surface area contributed by atoms with E-state index in [9.17, 15) is 0 Å². The first-order valence-electron chi connectivity index (χ1n) is 3.64. The van der Waals surface area contributed by atoms with Crippen LogP contribution in [0.1, 0.15) is 33.6 Å². The molecule has 10 heavy (non-hydrogen) atoms. The van der Waals surface area contributed by atoms with Crippen LogP contribution in [0.3, 0.4) is 0 Å². The Kier molecular flexibility index (Phi) is 10.1. The Morgan fingerprint density at radius 2 is 1.70 bits per heavy atom. The molecule has 0 amide bonds.